The zero-order valence-electron chi connectivity index (χ0n) is 27.0. The van der Waals surface area contributed by atoms with Gasteiger partial charge in [0.05, 0.1) is 39.0 Å². The molecule has 5 heteroatoms. The monoisotopic (exact) mass is 639 g/mol. The smallest absolute Gasteiger partial charge is 0.0963 e. The lowest BCUT2D eigenvalue weighted by atomic mass is 10.0. The minimum Gasteiger partial charge on any atom is -0.309 e. The molecule has 10 aromatic rings. The maximum absolute atomic E-state index is 4.90. The van der Waals surface area contributed by atoms with Gasteiger partial charge < -0.3 is 9.13 Å². The zero-order valence-corrected chi connectivity index (χ0v) is 27.0. The van der Waals surface area contributed by atoms with Crippen molar-refractivity contribution in [1.29, 1.82) is 0 Å². The molecule has 0 aliphatic heterocycles. The molecule has 0 saturated carbocycles. The Morgan fingerprint density at radius 1 is 0.360 bits per heavy atom. The Labute approximate surface area is 288 Å². The number of rotatable bonds is 5. The second-order valence-corrected chi connectivity index (χ2v) is 12.5. The van der Waals surface area contributed by atoms with Crippen LogP contribution >= 0.6 is 0 Å². The van der Waals surface area contributed by atoms with Crippen LogP contribution in [0.5, 0.6) is 0 Å². The minimum atomic E-state index is 0.909. The van der Waals surface area contributed by atoms with E-state index >= 15 is 0 Å². The molecule has 0 unspecified atom stereocenters. The standard InChI is InChI=1S/C45H29N5/c1-2-12-33(13-3-1)50-41-19-5-4-14-36(41)37-16-10-15-35(45(37)50)30-21-22-38-43(29-30)49(42-20-11-25-48-44(38)42)34-27-31(39-17-6-8-23-46-39)26-32(28-34)40-18-7-9-24-47-40/h1-29H. The largest absolute Gasteiger partial charge is 0.309 e. The predicted molar refractivity (Wildman–Crippen MR) is 205 cm³/mol. The van der Waals surface area contributed by atoms with Crippen molar-refractivity contribution < 1.29 is 0 Å². The van der Waals surface area contributed by atoms with Crippen molar-refractivity contribution in [2.45, 2.75) is 0 Å². The summed E-state index contributed by atoms with van der Waals surface area (Å²) in [5, 5.41) is 3.57. The summed E-state index contributed by atoms with van der Waals surface area (Å²) >= 11 is 0. The SMILES string of the molecule is c1ccc(-n2c3ccccc3c3cccc(-c4ccc5c6ncccc6n(-c6cc(-c7ccccn7)cc(-c7ccccn7)c6)c5c4)c32)cc1. The third-order valence-electron chi connectivity index (χ3n) is 9.64. The third kappa shape index (κ3) is 4.45. The van der Waals surface area contributed by atoms with E-state index in [9.17, 15) is 0 Å². The lowest BCUT2D eigenvalue weighted by Crippen LogP contribution is -1.98. The third-order valence-corrected chi connectivity index (χ3v) is 9.64. The van der Waals surface area contributed by atoms with Gasteiger partial charge in [0.25, 0.3) is 0 Å². The molecular formula is C45H29N5. The minimum absolute atomic E-state index is 0.909. The molecule has 0 N–H and O–H groups in total. The zero-order chi connectivity index (χ0) is 33.0. The van der Waals surface area contributed by atoms with Gasteiger partial charge in [-0.15, -0.1) is 0 Å². The van der Waals surface area contributed by atoms with Crippen molar-refractivity contribution in [2.75, 3.05) is 0 Å². The van der Waals surface area contributed by atoms with Crippen LogP contribution in [-0.4, -0.2) is 24.1 Å². The van der Waals surface area contributed by atoms with E-state index in [4.69, 9.17) is 15.0 Å². The molecule has 50 heavy (non-hydrogen) atoms. The van der Waals surface area contributed by atoms with Gasteiger partial charge in [-0.2, -0.15) is 0 Å². The topological polar surface area (TPSA) is 48.5 Å². The fourth-order valence-electron chi connectivity index (χ4n) is 7.48. The first-order valence-electron chi connectivity index (χ1n) is 16.8. The Kier molecular flexibility index (Phi) is 6.42. The van der Waals surface area contributed by atoms with Crippen molar-refractivity contribution in [2.24, 2.45) is 0 Å². The van der Waals surface area contributed by atoms with Gasteiger partial charge in [-0.3, -0.25) is 15.0 Å². The molecule has 234 valence electrons. The highest BCUT2D eigenvalue weighted by atomic mass is 15.0. The van der Waals surface area contributed by atoms with E-state index in [1.165, 1.54) is 27.4 Å². The van der Waals surface area contributed by atoms with Crippen LogP contribution in [0.2, 0.25) is 0 Å². The highest BCUT2D eigenvalue weighted by Gasteiger charge is 2.20. The molecule has 5 nitrogen and oxygen atoms in total. The van der Waals surface area contributed by atoms with Crippen molar-refractivity contribution in [1.82, 2.24) is 24.1 Å². The van der Waals surface area contributed by atoms with Crippen LogP contribution in [0.3, 0.4) is 0 Å². The number of benzene rings is 5. The lowest BCUT2D eigenvalue weighted by molar-refractivity contribution is 1.17. The molecule has 5 aromatic carbocycles. The van der Waals surface area contributed by atoms with E-state index in [0.717, 1.165) is 61.4 Å². The number of pyridine rings is 3. The summed E-state index contributed by atoms with van der Waals surface area (Å²) < 4.78 is 4.74. The summed E-state index contributed by atoms with van der Waals surface area (Å²) in [6.45, 7) is 0. The maximum Gasteiger partial charge on any atom is 0.0963 e. The Hall–Kier alpha value is -6.85. The highest BCUT2D eigenvalue weighted by Crippen LogP contribution is 2.41. The number of para-hydroxylation sites is 3. The Balaban J connectivity index is 1.27. The van der Waals surface area contributed by atoms with Crippen LogP contribution < -0.4 is 0 Å². The summed E-state index contributed by atoms with van der Waals surface area (Å²) in [7, 11) is 0. The van der Waals surface area contributed by atoms with Gasteiger partial charge in [0.2, 0.25) is 0 Å². The average Bonchev–Trinajstić information content (AvgIpc) is 3.71. The van der Waals surface area contributed by atoms with Gasteiger partial charge in [-0.1, -0.05) is 72.8 Å². The van der Waals surface area contributed by atoms with E-state index in [-0.39, 0.29) is 0 Å². The van der Waals surface area contributed by atoms with Crippen LogP contribution in [0, 0.1) is 0 Å². The molecule has 0 spiro atoms. The average molecular weight is 640 g/mol. The summed E-state index contributed by atoms with van der Waals surface area (Å²) in [6.07, 6.45) is 5.56. The van der Waals surface area contributed by atoms with Gasteiger partial charge >= 0.3 is 0 Å². The maximum atomic E-state index is 4.90. The highest BCUT2D eigenvalue weighted by molar-refractivity contribution is 6.15. The predicted octanol–water partition coefficient (Wildman–Crippen LogP) is 11.1. The lowest BCUT2D eigenvalue weighted by Gasteiger charge is -2.14. The van der Waals surface area contributed by atoms with Crippen molar-refractivity contribution in [3.05, 3.63) is 176 Å². The summed E-state index contributed by atoms with van der Waals surface area (Å²) in [5.41, 5.74) is 13.8. The second-order valence-electron chi connectivity index (χ2n) is 12.5. The molecule has 0 saturated heterocycles. The molecule has 0 amide bonds. The Bertz CT molecular complexity index is 2800. The Morgan fingerprint density at radius 2 is 1.04 bits per heavy atom. The van der Waals surface area contributed by atoms with Crippen molar-refractivity contribution >= 4 is 43.7 Å². The van der Waals surface area contributed by atoms with Gasteiger partial charge in [0.1, 0.15) is 0 Å². The molecular weight excluding hydrogens is 611 g/mol. The first-order chi connectivity index (χ1) is 24.8. The quantitative estimate of drug-likeness (QED) is 0.188. The number of fused-ring (bicyclic) bond motifs is 6. The van der Waals surface area contributed by atoms with E-state index in [2.05, 4.69) is 137 Å². The van der Waals surface area contributed by atoms with Crippen LogP contribution in [0.15, 0.2) is 176 Å². The number of nitrogens with zero attached hydrogens (tertiary/aromatic N) is 5. The van der Waals surface area contributed by atoms with Gasteiger partial charge in [-0.25, -0.2) is 0 Å². The van der Waals surface area contributed by atoms with Crippen LogP contribution in [-0.2, 0) is 0 Å². The van der Waals surface area contributed by atoms with Gasteiger partial charge in [-0.05, 0) is 90.5 Å². The molecule has 0 bridgehead atoms. The van der Waals surface area contributed by atoms with Gasteiger partial charge in [0, 0.05) is 62.8 Å². The first kappa shape index (κ1) is 28.2. The van der Waals surface area contributed by atoms with Crippen molar-refractivity contribution in [3.8, 4) is 45.0 Å². The molecule has 5 heterocycles. The van der Waals surface area contributed by atoms with Crippen LogP contribution in [0.4, 0.5) is 0 Å². The number of hydrogen-bond donors (Lipinski definition) is 0. The molecule has 0 aliphatic rings. The normalized spacial score (nSPS) is 11.6. The molecule has 0 aliphatic carbocycles. The molecule has 10 rings (SSSR count). The van der Waals surface area contributed by atoms with E-state index in [1.807, 2.05) is 48.9 Å². The summed E-state index contributed by atoms with van der Waals surface area (Å²) in [5.74, 6) is 0. The molecule has 0 radical (unpaired) electrons. The first-order valence-corrected chi connectivity index (χ1v) is 16.8. The number of hydrogen-bond acceptors (Lipinski definition) is 3. The second kappa shape index (κ2) is 11.4. The van der Waals surface area contributed by atoms with Gasteiger partial charge in [0.15, 0.2) is 0 Å². The van der Waals surface area contributed by atoms with Crippen LogP contribution in [0.25, 0.3) is 88.8 Å². The molecule has 0 fully saturated rings. The van der Waals surface area contributed by atoms with E-state index in [0.29, 0.717) is 0 Å². The Morgan fingerprint density at radius 3 is 1.80 bits per heavy atom. The number of aromatic nitrogens is 5. The van der Waals surface area contributed by atoms with Crippen molar-refractivity contribution in [3.63, 3.8) is 0 Å². The van der Waals surface area contributed by atoms with E-state index in [1.54, 1.807) is 0 Å². The summed E-state index contributed by atoms with van der Waals surface area (Å²) in [6, 6.07) is 55.6. The molecule has 0 atom stereocenters. The summed E-state index contributed by atoms with van der Waals surface area (Å²) in [4.78, 5) is 14.3. The van der Waals surface area contributed by atoms with Crippen LogP contribution in [0.1, 0.15) is 0 Å². The fraction of sp³-hybridized carbons (Fsp3) is 0. The fourth-order valence-corrected chi connectivity index (χ4v) is 7.48. The van der Waals surface area contributed by atoms with E-state index < -0.39 is 0 Å². The molecule has 5 aromatic heterocycles.